The first-order valence-corrected chi connectivity index (χ1v) is 5.37. The van der Waals surface area contributed by atoms with Gasteiger partial charge in [-0.15, -0.1) is 0 Å². The molecule has 2 N–H and O–H groups in total. The molecule has 96 valence electrons. The predicted molar refractivity (Wildman–Crippen MR) is 60.9 cm³/mol. The summed E-state index contributed by atoms with van der Waals surface area (Å²) < 4.78 is 37.5. The number of halogens is 3. The van der Waals surface area contributed by atoms with Crippen LogP contribution in [0.15, 0.2) is 18.2 Å². The summed E-state index contributed by atoms with van der Waals surface area (Å²) in [6.45, 7) is 4.01. The van der Waals surface area contributed by atoms with E-state index < -0.39 is 11.7 Å². The normalized spacial score (nSPS) is 13.5. The van der Waals surface area contributed by atoms with Crippen LogP contribution in [0, 0.1) is 12.8 Å². The van der Waals surface area contributed by atoms with Crippen molar-refractivity contribution in [1.82, 2.24) is 0 Å². The van der Waals surface area contributed by atoms with Gasteiger partial charge in [-0.1, -0.05) is 13.0 Å². The van der Waals surface area contributed by atoms with E-state index in [0.29, 0.717) is 12.2 Å². The minimum Gasteiger partial charge on any atom is -0.396 e. The molecule has 17 heavy (non-hydrogen) atoms. The summed E-state index contributed by atoms with van der Waals surface area (Å²) in [5.41, 5.74) is 0.547. The zero-order valence-electron chi connectivity index (χ0n) is 9.80. The van der Waals surface area contributed by atoms with E-state index in [9.17, 15) is 13.2 Å². The van der Waals surface area contributed by atoms with Crippen LogP contribution in [0.3, 0.4) is 0 Å². The summed E-state index contributed by atoms with van der Waals surface area (Å²) in [6, 6.07) is 3.60. The average Bonchev–Trinajstić information content (AvgIpc) is 2.26. The van der Waals surface area contributed by atoms with Crippen molar-refractivity contribution in [2.75, 3.05) is 18.5 Å². The molecule has 0 radical (unpaired) electrons. The van der Waals surface area contributed by atoms with Gasteiger partial charge in [0.25, 0.3) is 0 Å². The Labute approximate surface area is 98.5 Å². The molecular weight excluding hydrogens is 231 g/mol. The van der Waals surface area contributed by atoms with Gasteiger partial charge in [-0.25, -0.2) is 0 Å². The summed E-state index contributed by atoms with van der Waals surface area (Å²) in [4.78, 5) is 0. The van der Waals surface area contributed by atoms with E-state index in [4.69, 9.17) is 5.11 Å². The van der Waals surface area contributed by atoms with Gasteiger partial charge in [0.15, 0.2) is 0 Å². The van der Waals surface area contributed by atoms with Crippen LogP contribution < -0.4 is 5.32 Å². The zero-order chi connectivity index (χ0) is 13.1. The lowest BCUT2D eigenvalue weighted by Crippen LogP contribution is -2.15. The van der Waals surface area contributed by atoms with Crippen LogP contribution in [0.1, 0.15) is 18.1 Å². The standard InChI is InChI=1S/C12H16F3NO/c1-8(7-17)6-16-11-5-10(12(13,14)15)4-3-9(11)2/h3-5,8,16-17H,6-7H2,1-2H3. The van der Waals surface area contributed by atoms with E-state index in [-0.39, 0.29) is 12.5 Å². The van der Waals surface area contributed by atoms with E-state index >= 15 is 0 Å². The molecule has 0 aliphatic rings. The first-order valence-electron chi connectivity index (χ1n) is 5.37. The number of hydrogen-bond acceptors (Lipinski definition) is 2. The van der Waals surface area contributed by atoms with Crippen molar-refractivity contribution in [2.45, 2.75) is 20.0 Å². The Bertz CT molecular complexity index is 377. The van der Waals surface area contributed by atoms with Gasteiger partial charge < -0.3 is 10.4 Å². The Kier molecular flexibility index (Phi) is 4.40. The lowest BCUT2D eigenvalue weighted by Gasteiger charge is -2.15. The van der Waals surface area contributed by atoms with Crippen LogP contribution in [0.4, 0.5) is 18.9 Å². The highest BCUT2D eigenvalue weighted by molar-refractivity contribution is 5.53. The molecule has 0 aromatic heterocycles. The number of anilines is 1. The highest BCUT2D eigenvalue weighted by atomic mass is 19.4. The molecule has 0 aliphatic carbocycles. The van der Waals surface area contributed by atoms with Crippen molar-refractivity contribution in [3.8, 4) is 0 Å². The number of nitrogens with one attached hydrogen (secondary N) is 1. The fourth-order valence-electron chi connectivity index (χ4n) is 1.34. The number of alkyl halides is 3. The van der Waals surface area contributed by atoms with Gasteiger partial charge in [0.05, 0.1) is 5.56 Å². The number of benzene rings is 1. The molecule has 0 fully saturated rings. The molecule has 1 aromatic carbocycles. The number of hydrogen-bond donors (Lipinski definition) is 2. The van der Waals surface area contributed by atoms with Crippen molar-refractivity contribution in [3.05, 3.63) is 29.3 Å². The van der Waals surface area contributed by atoms with Crippen LogP contribution in [0.2, 0.25) is 0 Å². The van der Waals surface area contributed by atoms with E-state index in [0.717, 1.165) is 17.7 Å². The van der Waals surface area contributed by atoms with Crippen molar-refractivity contribution in [1.29, 1.82) is 0 Å². The third kappa shape index (κ3) is 3.93. The molecule has 1 atom stereocenters. The van der Waals surface area contributed by atoms with Crippen LogP contribution in [0.5, 0.6) is 0 Å². The van der Waals surface area contributed by atoms with Gasteiger partial charge in [0, 0.05) is 18.8 Å². The molecule has 0 heterocycles. The minimum absolute atomic E-state index is 0.00365. The fraction of sp³-hybridized carbons (Fsp3) is 0.500. The van der Waals surface area contributed by atoms with Crippen molar-refractivity contribution >= 4 is 5.69 Å². The van der Waals surface area contributed by atoms with E-state index in [1.807, 2.05) is 6.92 Å². The summed E-state index contributed by atoms with van der Waals surface area (Å²) >= 11 is 0. The SMILES string of the molecule is Cc1ccc(C(F)(F)F)cc1NCC(C)CO. The number of rotatable bonds is 4. The molecule has 0 amide bonds. The van der Waals surface area contributed by atoms with Crippen molar-refractivity contribution < 1.29 is 18.3 Å². The van der Waals surface area contributed by atoms with Gasteiger partial charge in [-0.05, 0) is 30.5 Å². The average molecular weight is 247 g/mol. The first kappa shape index (κ1) is 13.8. The largest absolute Gasteiger partial charge is 0.416 e. The highest BCUT2D eigenvalue weighted by Crippen LogP contribution is 2.32. The summed E-state index contributed by atoms with van der Waals surface area (Å²) in [5.74, 6) is 0.00365. The molecule has 1 rings (SSSR count). The van der Waals surface area contributed by atoms with Gasteiger partial charge >= 0.3 is 6.18 Å². The maximum Gasteiger partial charge on any atom is 0.416 e. The first-order chi connectivity index (χ1) is 7.84. The predicted octanol–water partition coefficient (Wildman–Crippen LogP) is 3.05. The topological polar surface area (TPSA) is 32.3 Å². The fourth-order valence-corrected chi connectivity index (χ4v) is 1.34. The maximum absolute atomic E-state index is 12.5. The lowest BCUT2D eigenvalue weighted by atomic mass is 10.1. The van der Waals surface area contributed by atoms with E-state index in [1.165, 1.54) is 6.07 Å². The molecule has 0 spiro atoms. The molecular formula is C12H16F3NO. The minimum atomic E-state index is -4.33. The molecule has 0 saturated carbocycles. The summed E-state index contributed by atoms with van der Waals surface area (Å²) in [7, 11) is 0. The monoisotopic (exact) mass is 247 g/mol. The summed E-state index contributed by atoms with van der Waals surface area (Å²) in [5, 5.41) is 11.8. The molecule has 5 heteroatoms. The molecule has 0 saturated heterocycles. The highest BCUT2D eigenvalue weighted by Gasteiger charge is 2.30. The van der Waals surface area contributed by atoms with Crippen LogP contribution in [0.25, 0.3) is 0 Å². The third-order valence-electron chi connectivity index (χ3n) is 2.52. The maximum atomic E-state index is 12.5. The van der Waals surface area contributed by atoms with Crippen molar-refractivity contribution in [2.24, 2.45) is 5.92 Å². The van der Waals surface area contributed by atoms with E-state index in [1.54, 1.807) is 6.92 Å². The Balaban J connectivity index is 2.84. The third-order valence-corrected chi connectivity index (χ3v) is 2.52. The Hall–Kier alpha value is -1.23. The smallest absolute Gasteiger partial charge is 0.396 e. The van der Waals surface area contributed by atoms with Gasteiger partial charge in [0.2, 0.25) is 0 Å². The number of aliphatic hydroxyl groups excluding tert-OH is 1. The Morgan fingerprint density at radius 1 is 1.35 bits per heavy atom. The second-order valence-electron chi connectivity index (χ2n) is 4.20. The number of aryl methyl sites for hydroxylation is 1. The van der Waals surface area contributed by atoms with Gasteiger partial charge in [-0.2, -0.15) is 13.2 Å². The lowest BCUT2D eigenvalue weighted by molar-refractivity contribution is -0.137. The Morgan fingerprint density at radius 3 is 2.53 bits per heavy atom. The zero-order valence-corrected chi connectivity index (χ0v) is 9.80. The second kappa shape index (κ2) is 5.40. The molecule has 0 aliphatic heterocycles. The van der Waals surface area contributed by atoms with Crippen LogP contribution in [-0.4, -0.2) is 18.3 Å². The molecule has 2 nitrogen and oxygen atoms in total. The quantitative estimate of drug-likeness (QED) is 0.857. The Morgan fingerprint density at radius 2 is 2.00 bits per heavy atom. The van der Waals surface area contributed by atoms with Crippen LogP contribution in [-0.2, 0) is 6.18 Å². The molecule has 1 aromatic rings. The summed E-state index contributed by atoms with van der Waals surface area (Å²) in [6.07, 6.45) is -4.33. The number of aliphatic hydroxyl groups is 1. The van der Waals surface area contributed by atoms with E-state index in [2.05, 4.69) is 5.32 Å². The van der Waals surface area contributed by atoms with Crippen molar-refractivity contribution in [3.63, 3.8) is 0 Å². The van der Waals surface area contributed by atoms with Gasteiger partial charge in [0.1, 0.15) is 0 Å². The van der Waals surface area contributed by atoms with Gasteiger partial charge in [-0.3, -0.25) is 0 Å². The van der Waals surface area contributed by atoms with Crippen LogP contribution >= 0.6 is 0 Å². The molecule has 0 bridgehead atoms. The molecule has 1 unspecified atom stereocenters. The second-order valence-corrected chi connectivity index (χ2v) is 4.20.